The minimum atomic E-state index is 0. The highest BCUT2D eigenvalue weighted by atomic mass is 127. The molecule has 142 valence electrons. The number of nitrogens with one attached hydrogen (secondary N) is 2. The molecular formula is C17H23ClIN5O2. The first kappa shape index (κ1) is 20.9. The topological polar surface area (TPSA) is 84.6 Å². The molecular weight excluding hydrogens is 469 g/mol. The van der Waals surface area contributed by atoms with Crippen LogP contribution in [-0.4, -0.2) is 48.9 Å². The van der Waals surface area contributed by atoms with E-state index in [1.807, 2.05) is 12.1 Å². The number of hydrogen-bond acceptors (Lipinski definition) is 5. The van der Waals surface area contributed by atoms with Crippen LogP contribution >= 0.6 is 35.6 Å². The molecule has 0 saturated carbocycles. The van der Waals surface area contributed by atoms with E-state index in [0.29, 0.717) is 35.7 Å². The first-order valence-corrected chi connectivity index (χ1v) is 8.76. The molecule has 0 aliphatic carbocycles. The summed E-state index contributed by atoms with van der Waals surface area (Å²) in [4.78, 5) is 8.66. The molecule has 1 aliphatic rings. The average Bonchev–Trinajstić information content (AvgIpc) is 3.11. The quantitative estimate of drug-likeness (QED) is 0.380. The van der Waals surface area contributed by atoms with Crippen LogP contribution in [0.15, 0.2) is 33.8 Å². The van der Waals surface area contributed by atoms with Crippen molar-refractivity contribution >= 4 is 41.5 Å². The minimum Gasteiger partial charge on any atom is -0.381 e. The largest absolute Gasteiger partial charge is 0.381 e. The van der Waals surface area contributed by atoms with Gasteiger partial charge in [0.15, 0.2) is 5.96 Å². The molecule has 3 rings (SSSR count). The molecule has 26 heavy (non-hydrogen) atoms. The number of guanidine groups is 1. The smallest absolute Gasteiger partial charge is 0.228 e. The molecule has 1 aromatic heterocycles. The van der Waals surface area contributed by atoms with Gasteiger partial charge in [-0.05, 0) is 37.1 Å². The van der Waals surface area contributed by atoms with E-state index in [1.54, 1.807) is 19.2 Å². The predicted molar refractivity (Wildman–Crippen MR) is 112 cm³/mol. The van der Waals surface area contributed by atoms with Crippen LogP contribution in [0, 0.1) is 0 Å². The highest BCUT2D eigenvalue weighted by Gasteiger charge is 2.15. The minimum absolute atomic E-state index is 0. The van der Waals surface area contributed by atoms with Crippen molar-refractivity contribution in [3.63, 3.8) is 0 Å². The summed E-state index contributed by atoms with van der Waals surface area (Å²) in [5, 5.41) is 11.4. The third-order valence-electron chi connectivity index (χ3n) is 3.99. The summed E-state index contributed by atoms with van der Waals surface area (Å²) in [6.07, 6.45) is 2.61. The van der Waals surface area contributed by atoms with Gasteiger partial charge in [-0.1, -0.05) is 16.8 Å². The highest BCUT2D eigenvalue weighted by molar-refractivity contribution is 14.0. The summed E-state index contributed by atoms with van der Waals surface area (Å²) in [5.41, 5.74) is 0.879. The van der Waals surface area contributed by atoms with E-state index in [4.69, 9.17) is 20.9 Å². The van der Waals surface area contributed by atoms with Crippen molar-refractivity contribution in [1.29, 1.82) is 0 Å². The van der Waals surface area contributed by atoms with E-state index in [2.05, 4.69) is 25.8 Å². The Bertz CT molecular complexity index is 701. The summed E-state index contributed by atoms with van der Waals surface area (Å²) in [5.74, 6) is 1.93. The van der Waals surface area contributed by atoms with Crippen molar-refractivity contribution in [3.05, 3.63) is 35.2 Å². The first-order valence-electron chi connectivity index (χ1n) is 8.38. The molecule has 9 heteroatoms. The molecule has 7 nitrogen and oxygen atoms in total. The SMILES string of the molecule is CN=C(NCCc1nc(-c2ccc(Cl)cc2)no1)NC1CCOCC1.I. The second-order valence-electron chi connectivity index (χ2n) is 5.80. The maximum absolute atomic E-state index is 5.89. The molecule has 1 aliphatic heterocycles. The zero-order chi connectivity index (χ0) is 17.5. The molecule has 2 aromatic rings. The number of hydrogen-bond donors (Lipinski definition) is 2. The van der Waals surface area contributed by atoms with Gasteiger partial charge in [-0.2, -0.15) is 4.98 Å². The van der Waals surface area contributed by atoms with Crippen LogP contribution in [0.25, 0.3) is 11.4 Å². The standard InChI is InChI=1S/C17H22ClN5O2.HI/c1-19-17(21-14-7-10-24-11-8-14)20-9-6-15-22-16(23-25-15)12-2-4-13(18)5-3-12;/h2-5,14H,6-11H2,1H3,(H2,19,20,21);1H. The van der Waals surface area contributed by atoms with Crippen molar-refractivity contribution in [2.45, 2.75) is 25.3 Å². The lowest BCUT2D eigenvalue weighted by molar-refractivity contribution is 0.0822. The summed E-state index contributed by atoms with van der Waals surface area (Å²) in [6, 6.07) is 7.75. The molecule has 0 spiro atoms. The maximum atomic E-state index is 5.89. The summed E-state index contributed by atoms with van der Waals surface area (Å²) >= 11 is 5.89. The number of aromatic nitrogens is 2. The molecule has 1 aromatic carbocycles. The van der Waals surface area contributed by atoms with Crippen LogP contribution in [0.3, 0.4) is 0 Å². The first-order chi connectivity index (χ1) is 12.2. The zero-order valence-corrected chi connectivity index (χ0v) is 17.7. The number of rotatable bonds is 5. The molecule has 0 bridgehead atoms. The van der Waals surface area contributed by atoms with Crippen LogP contribution in [0.5, 0.6) is 0 Å². The van der Waals surface area contributed by atoms with Gasteiger partial charge in [0, 0.05) is 49.9 Å². The number of nitrogens with zero attached hydrogens (tertiary/aromatic N) is 3. The van der Waals surface area contributed by atoms with Crippen molar-refractivity contribution in [3.8, 4) is 11.4 Å². The van der Waals surface area contributed by atoms with Crippen LogP contribution in [0.4, 0.5) is 0 Å². The van der Waals surface area contributed by atoms with Gasteiger partial charge in [0.2, 0.25) is 11.7 Å². The lowest BCUT2D eigenvalue weighted by atomic mass is 10.1. The Morgan fingerprint density at radius 1 is 1.27 bits per heavy atom. The van der Waals surface area contributed by atoms with E-state index in [0.717, 1.165) is 37.6 Å². The van der Waals surface area contributed by atoms with Gasteiger partial charge in [0.25, 0.3) is 0 Å². The summed E-state index contributed by atoms with van der Waals surface area (Å²) in [7, 11) is 1.76. The predicted octanol–water partition coefficient (Wildman–Crippen LogP) is 2.89. The van der Waals surface area contributed by atoms with Crippen LogP contribution in [0.1, 0.15) is 18.7 Å². The summed E-state index contributed by atoms with van der Waals surface area (Å²) in [6.45, 7) is 2.25. The van der Waals surface area contributed by atoms with Crippen LogP contribution in [-0.2, 0) is 11.2 Å². The Labute approximate surface area is 175 Å². The maximum Gasteiger partial charge on any atom is 0.228 e. The fraction of sp³-hybridized carbons (Fsp3) is 0.471. The van der Waals surface area contributed by atoms with E-state index < -0.39 is 0 Å². The van der Waals surface area contributed by atoms with Gasteiger partial charge < -0.3 is 19.9 Å². The van der Waals surface area contributed by atoms with E-state index >= 15 is 0 Å². The molecule has 1 saturated heterocycles. The average molecular weight is 492 g/mol. The van der Waals surface area contributed by atoms with E-state index in [1.165, 1.54) is 0 Å². The Balaban J connectivity index is 0.00000243. The van der Waals surface area contributed by atoms with Crippen LogP contribution in [0.2, 0.25) is 5.02 Å². The Morgan fingerprint density at radius 2 is 2.00 bits per heavy atom. The monoisotopic (exact) mass is 491 g/mol. The van der Waals surface area contributed by atoms with Gasteiger partial charge in [-0.25, -0.2) is 0 Å². The molecule has 0 unspecified atom stereocenters. The van der Waals surface area contributed by atoms with E-state index in [-0.39, 0.29) is 24.0 Å². The number of ether oxygens (including phenoxy) is 1. The fourth-order valence-corrected chi connectivity index (χ4v) is 2.72. The van der Waals surface area contributed by atoms with Crippen molar-refractivity contribution < 1.29 is 9.26 Å². The Kier molecular flexibility index (Phi) is 8.60. The van der Waals surface area contributed by atoms with Gasteiger partial charge >= 0.3 is 0 Å². The third-order valence-corrected chi connectivity index (χ3v) is 4.24. The fourth-order valence-electron chi connectivity index (χ4n) is 2.59. The second kappa shape index (κ2) is 10.7. The lowest BCUT2D eigenvalue weighted by Crippen LogP contribution is -2.46. The summed E-state index contributed by atoms with van der Waals surface area (Å²) < 4.78 is 10.7. The van der Waals surface area contributed by atoms with Gasteiger partial charge in [-0.3, -0.25) is 4.99 Å². The van der Waals surface area contributed by atoms with Gasteiger partial charge in [-0.15, -0.1) is 24.0 Å². The molecule has 0 radical (unpaired) electrons. The van der Waals surface area contributed by atoms with Crippen molar-refractivity contribution in [1.82, 2.24) is 20.8 Å². The lowest BCUT2D eigenvalue weighted by Gasteiger charge is -2.25. The normalized spacial score (nSPS) is 15.4. The molecule has 2 N–H and O–H groups in total. The molecule has 0 amide bonds. The van der Waals surface area contributed by atoms with Gasteiger partial charge in [0.1, 0.15) is 0 Å². The number of halogens is 2. The number of benzene rings is 1. The van der Waals surface area contributed by atoms with Gasteiger partial charge in [0.05, 0.1) is 0 Å². The van der Waals surface area contributed by atoms with Crippen molar-refractivity contribution in [2.24, 2.45) is 4.99 Å². The van der Waals surface area contributed by atoms with Crippen molar-refractivity contribution in [2.75, 3.05) is 26.8 Å². The van der Waals surface area contributed by atoms with Crippen LogP contribution < -0.4 is 10.6 Å². The zero-order valence-electron chi connectivity index (χ0n) is 14.6. The highest BCUT2D eigenvalue weighted by Crippen LogP contribution is 2.18. The third kappa shape index (κ3) is 6.10. The Morgan fingerprint density at radius 3 is 2.69 bits per heavy atom. The Hall–Kier alpha value is -1.39. The molecule has 2 heterocycles. The second-order valence-corrected chi connectivity index (χ2v) is 6.24. The van der Waals surface area contributed by atoms with E-state index in [9.17, 15) is 0 Å². The molecule has 0 atom stereocenters. The number of aliphatic imine (C=N–C) groups is 1. The molecule has 1 fully saturated rings.